The van der Waals surface area contributed by atoms with Gasteiger partial charge in [0, 0.05) is 11.8 Å². The summed E-state index contributed by atoms with van der Waals surface area (Å²) in [5, 5.41) is 3.82. The third kappa shape index (κ3) is 2.69. The van der Waals surface area contributed by atoms with Gasteiger partial charge in [-0.25, -0.2) is 0 Å². The zero-order valence-corrected chi connectivity index (χ0v) is 14.0. The molecule has 0 bridgehead atoms. The van der Waals surface area contributed by atoms with Crippen LogP contribution in [0.2, 0.25) is 0 Å². The van der Waals surface area contributed by atoms with Gasteiger partial charge in [0.2, 0.25) is 5.43 Å². The molecule has 0 aliphatic carbocycles. The second-order valence-electron chi connectivity index (χ2n) is 5.79. The summed E-state index contributed by atoms with van der Waals surface area (Å²) in [7, 11) is 1.52. The van der Waals surface area contributed by atoms with Gasteiger partial charge < -0.3 is 14.5 Å². The molecule has 5 heteroatoms. The van der Waals surface area contributed by atoms with Crippen LogP contribution in [0.25, 0.3) is 21.9 Å². The molecule has 3 aromatic carbocycles. The molecule has 0 unspecified atom stereocenters. The van der Waals surface area contributed by atoms with E-state index >= 15 is 0 Å². The van der Waals surface area contributed by atoms with Crippen molar-refractivity contribution in [3.8, 4) is 5.75 Å². The maximum Gasteiger partial charge on any atom is 0.259 e. The average Bonchev–Trinajstić information content (AvgIpc) is 2.68. The van der Waals surface area contributed by atoms with Gasteiger partial charge in [0.15, 0.2) is 0 Å². The van der Waals surface area contributed by atoms with E-state index < -0.39 is 0 Å². The van der Waals surface area contributed by atoms with Gasteiger partial charge in [0.1, 0.15) is 16.9 Å². The van der Waals surface area contributed by atoms with Crippen LogP contribution in [-0.2, 0) is 0 Å². The number of amides is 1. The summed E-state index contributed by atoms with van der Waals surface area (Å²) in [5.74, 6) is 0.188. The Bertz CT molecular complexity index is 1190. The van der Waals surface area contributed by atoms with E-state index in [1.54, 1.807) is 60.7 Å². The summed E-state index contributed by atoms with van der Waals surface area (Å²) < 4.78 is 11.0. The molecular weight excluding hydrogens is 330 g/mol. The lowest BCUT2D eigenvalue weighted by Crippen LogP contribution is -2.13. The zero-order valence-electron chi connectivity index (χ0n) is 14.0. The second kappa shape index (κ2) is 6.37. The van der Waals surface area contributed by atoms with Crippen molar-refractivity contribution in [2.45, 2.75) is 0 Å². The molecule has 0 radical (unpaired) electrons. The minimum absolute atomic E-state index is 0.0931. The lowest BCUT2D eigenvalue weighted by molar-refractivity contribution is 0.102. The first kappa shape index (κ1) is 15.9. The normalized spacial score (nSPS) is 10.8. The van der Waals surface area contributed by atoms with Crippen molar-refractivity contribution in [2.75, 3.05) is 12.4 Å². The maximum atomic E-state index is 12.6. The van der Waals surface area contributed by atoms with Crippen molar-refractivity contribution in [3.63, 3.8) is 0 Å². The van der Waals surface area contributed by atoms with E-state index in [0.717, 1.165) is 0 Å². The smallest absolute Gasteiger partial charge is 0.259 e. The molecule has 26 heavy (non-hydrogen) atoms. The van der Waals surface area contributed by atoms with Crippen LogP contribution in [0.3, 0.4) is 0 Å². The summed E-state index contributed by atoms with van der Waals surface area (Å²) in [4.78, 5) is 25.1. The monoisotopic (exact) mass is 345 g/mol. The number of hydrogen-bond acceptors (Lipinski definition) is 4. The van der Waals surface area contributed by atoms with Crippen molar-refractivity contribution in [1.82, 2.24) is 0 Å². The first-order chi connectivity index (χ1) is 12.7. The van der Waals surface area contributed by atoms with Crippen LogP contribution in [-0.4, -0.2) is 13.0 Å². The summed E-state index contributed by atoms with van der Waals surface area (Å²) in [6.45, 7) is 0. The number of carbonyl (C=O) groups is 1. The summed E-state index contributed by atoms with van der Waals surface area (Å²) in [6, 6.07) is 19.0. The SMILES string of the molecule is COc1ccccc1C(=O)Nc1ccc2c(=O)c3ccccc3oc2c1. The second-order valence-corrected chi connectivity index (χ2v) is 5.79. The van der Waals surface area contributed by atoms with Gasteiger partial charge in [-0.3, -0.25) is 9.59 Å². The number of para-hydroxylation sites is 2. The third-order valence-electron chi connectivity index (χ3n) is 4.19. The van der Waals surface area contributed by atoms with Crippen LogP contribution in [0.15, 0.2) is 75.9 Å². The highest BCUT2D eigenvalue weighted by molar-refractivity contribution is 6.07. The van der Waals surface area contributed by atoms with Crippen molar-refractivity contribution in [2.24, 2.45) is 0 Å². The average molecular weight is 345 g/mol. The predicted octanol–water partition coefficient (Wildman–Crippen LogP) is 4.21. The number of anilines is 1. The summed E-state index contributed by atoms with van der Waals surface area (Å²) >= 11 is 0. The quantitative estimate of drug-likeness (QED) is 0.565. The van der Waals surface area contributed by atoms with Crippen LogP contribution in [0.4, 0.5) is 5.69 Å². The van der Waals surface area contributed by atoms with Gasteiger partial charge in [0.05, 0.1) is 23.4 Å². The van der Waals surface area contributed by atoms with Gasteiger partial charge >= 0.3 is 0 Å². The summed E-state index contributed by atoms with van der Waals surface area (Å²) in [6.07, 6.45) is 0. The molecule has 1 amide bonds. The fraction of sp³-hybridized carbons (Fsp3) is 0.0476. The van der Waals surface area contributed by atoms with E-state index in [4.69, 9.17) is 9.15 Å². The molecule has 1 aromatic heterocycles. The number of fused-ring (bicyclic) bond motifs is 2. The minimum Gasteiger partial charge on any atom is -0.496 e. The Labute approximate surface area is 148 Å². The molecule has 1 heterocycles. The van der Waals surface area contributed by atoms with Crippen molar-refractivity contribution < 1.29 is 13.9 Å². The molecule has 0 spiro atoms. The Morgan fingerprint density at radius 3 is 2.50 bits per heavy atom. The van der Waals surface area contributed by atoms with Crippen LogP contribution in [0.1, 0.15) is 10.4 Å². The zero-order chi connectivity index (χ0) is 18.1. The molecule has 4 rings (SSSR count). The Kier molecular flexibility index (Phi) is 3.89. The summed E-state index contributed by atoms with van der Waals surface area (Å²) in [5.41, 5.74) is 1.80. The third-order valence-corrected chi connectivity index (χ3v) is 4.19. The van der Waals surface area contributed by atoms with Crippen LogP contribution < -0.4 is 15.5 Å². The van der Waals surface area contributed by atoms with E-state index in [0.29, 0.717) is 38.9 Å². The number of methoxy groups -OCH3 is 1. The number of nitrogens with one attached hydrogen (secondary N) is 1. The molecule has 0 saturated heterocycles. The molecule has 0 saturated carbocycles. The topological polar surface area (TPSA) is 68.5 Å². The number of carbonyl (C=O) groups excluding carboxylic acids is 1. The fourth-order valence-electron chi connectivity index (χ4n) is 2.91. The van der Waals surface area contributed by atoms with Crippen molar-refractivity contribution >= 4 is 33.5 Å². The minimum atomic E-state index is -0.301. The van der Waals surface area contributed by atoms with Crippen molar-refractivity contribution in [1.29, 1.82) is 0 Å². The first-order valence-electron chi connectivity index (χ1n) is 8.07. The molecule has 1 N–H and O–H groups in total. The number of ether oxygens (including phenoxy) is 1. The van der Waals surface area contributed by atoms with E-state index in [1.165, 1.54) is 7.11 Å². The largest absolute Gasteiger partial charge is 0.496 e. The molecule has 128 valence electrons. The van der Waals surface area contributed by atoms with Gasteiger partial charge in [-0.05, 0) is 36.4 Å². The van der Waals surface area contributed by atoms with E-state index in [9.17, 15) is 9.59 Å². The Morgan fingerprint density at radius 1 is 0.923 bits per heavy atom. The number of rotatable bonds is 3. The molecule has 0 fully saturated rings. The van der Waals surface area contributed by atoms with Crippen LogP contribution >= 0.6 is 0 Å². The molecule has 0 aliphatic heterocycles. The Balaban J connectivity index is 1.75. The van der Waals surface area contributed by atoms with Crippen molar-refractivity contribution in [3.05, 3.63) is 82.5 Å². The number of benzene rings is 3. The van der Waals surface area contributed by atoms with Gasteiger partial charge in [-0.2, -0.15) is 0 Å². The highest BCUT2D eigenvalue weighted by Gasteiger charge is 2.13. The number of hydrogen-bond donors (Lipinski definition) is 1. The van der Waals surface area contributed by atoms with E-state index in [-0.39, 0.29) is 11.3 Å². The van der Waals surface area contributed by atoms with Gasteiger partial charge in [-0.15, -0.1) is 0 Å². The Morgan fingerprint density at radius 2 is 1.65 bits per heavy atom. The molecule has 0 aliphatic rings. The lowest BCUT2D eigenvalue weighted by atomic mass is 10.1. The highest BCUT2D eigenvalue weighted by Crippen LogP contribution is 2.23. The molecular formula is C21H15NO4. The highest BCUT2D eigenvalue weighted by atomic mass is 16.5. The van der Waals surface area contributed by atoms with E-state index in [2.05, 4.69) is 5.32 Å². The Hall–Kier alpha value is -3.60. The van der Waals surface area contributed by atoms with Gasteiger partial charge in [-0.1, -0.05) is 24.3 Å². The molecule has 5 nitrogen and oxygen atoms in total. The lowest BCUT2D eigenvalue weighted by Gasteiger charge is -2.09. The standard InChI is InChI=1S/C21H15NO4/c1-25-17-8-4-3-7-16(17)21(24)22-13-10-11-15-19(12-13)26-18-9-5-2-6-14(18)20(15)23/h2-12H,1H3,(H,22,24). The predicted molar refractivity (Wildman–Crippen MR) is 101 cm³/mol. The first-order valence-corrected chi connectivity index (χ1v) is 8.07. The van der Waals surface area contributed by atoms with Gasteiger partial charge in [0.25, 0.3) is 5.91 Å². The van der Waals surface area contributed by atoms with E-state index in [1.807, 2.05) is 6.07 Å². The maximum absolute atomic E-state index is 12.6. The molecule has 4 aromatic rings. The molecule has 0 atom stereocenters. The van der Waals surface area contributed by atoms with Crippen LogP contribution in [0, 0.1) is 0 Å². The van der Waals surface area contributed by atoms with Crippen LogP contribution in [0.5, 0.6) is 5.75 Å². The fourth-order valence-corrected chi connectivity index (χ4v) is 2.91.